The first-order valence-electron chi connectivity index (χ1n) is 5.60. The molecule has 0 aromatic carbocycles. The number of hydrogen-bond acceptors (Lipinski definition) is 5. The predicted octanol–water partition coefficient (Wildman–Crippen LogP) is 0.206. The van der Waals surface area contributed by atoms with Crippen LogP contribution in [0.15, 0.2) is 24.5 Å². The summed E-state index contributed by atoms with van der Waals surface area (Å²) in [4.78, 5) is 8.22. The van der Waals surface area contributed by atoms with Crippen LogP contribution in [0.1, 0.15) is 0 Å². The molecular formula is C11H17N3O2S. The number of piperazine rings is 1. The Bertz CT molecular complexity index is 453. The fourth-order valence-electron chi connectivity index (χ4n) is 2.02. The van der Waals surface area contributed by atoms with Gasteiger partial charge in [-0.15, -0.1) is 0 Å². The number of anilines is 1. The molecule has 0 spiro atoms. The molecule has 5 nitrogen and oxygen atoms in total. The highest BCUT2D eigenvalue weighted by atomic mass is 32.2. The van der Waals surface area contributed by atoms with Gasteiger partial charge in [0.15, 0.2) is 9.84 Å². The normalized spacial score (nSPS) is 18.3. The standard InChI is InChI=1S/C11H17N3O2S/c1-17(15,16)10-13-6-8-14(9-7-13)11-2-4-12-5-3-11/h2-5H,6-10H2,1H3. The van der Waals surface area contributed by atoms with Crippen LogP contribution in [0.2, 0.25) is 0 Å². The molecule has 1 aliphatic rings. The molecular weight excluding hydrogens is 238 g/mol. The van der Waals surface area contributed by atoms with E-state index in [0.717, 1.165) is 31.9 Å². The molecule has 2 rings (SSSR count). The summed E-state index contributed by atoms with van der Waals surface area (Å²) in [5, 5.41) is 0. The Morgan fingerprint density at radius 1 is 1.18 bits per heavy atom. The van der Waals surface area contributed by atoms with Gasteiger partial charge in [0.2, 0.25) is 0 Å². The van der Waals surface area contributed by atoms with E-state index in [4.69, 9.17) is 0 Å². The summed E-state index contributed by atoms with van der Waals surface area (Å²) >= 11 is 0. The highest BCUT2D eigenvalue weighted by Gasteiger charge is 2.19. The van der Waals surface area contributed by atoms with Crippen LogP contribution >= 0.6 is 0 Å². The third-order valence-corrected chi connectivity index (χ3v) is 3.65. The first-order chi connectivity index (χ1) is 8.04. The quantitative estimate of drug-likeness (QED) is 0.772. The Balaban J connectivity index is 1.91. The van der Waals surface area contributed by atoms with Crippen molar-refractivity contribution >= 4 is 15.5 Å². The van der Waals surface area contributed by atoms with Crippen molar-refractivity contribution in [2.24, 2.45) is 0 Å². The third-order valence-electron chi connectivity index (χ3n) is 2.82. The summed E-state index contributed by atoms with van der Waals surface area (Å²) < 4.78 is 22.4. The first kappa shape index (κ1) is 12.3. The van der Waals surface area contributed by atoms with Crippen LogP contribution in [0.25, 0.3) is 0 Å². The van der Waals surface area contributed by atoms with Gasteiger partial charge < -0.3 is 4.90 Å². The monoisotopic (exact) mass is 255 g/mol. The van der Waals surface area contributed by atoms with Crippen molar-refractivity contribution < 1.29 is 8.42 Å². The van der Waals surface area contributed by atoms with Crippen LogP contribution in [0, 0.1) is 0 Å². The molecule has 1 aromatic rings. The van der Waals surface area contributed by atoms with Gasteiger partial charge in [-0.2, -0.15) is 0 Å². The van der Waals surface area contributed by atoms with Crippen LogP contribution in [-0.2, 0) is 9.84 Å². The van der Waals surface area contributed by atoms with E-state index in [-0.39, 0.29) is 5.88 Å². The van der Waals surface area contributed by atoms with Gasteiger partial charge in [0.1, 0.15) is 5.88 Å². The van der Waals surface area contributed by atoms with E-state index < -0.39 is 9.84 Å². The highest BCUT2D eigenvalue weighted by Crippen LogP contribution is 2.14. The molecule has 1 fully saturated rings. The van der Waals surface area contributed by atoms with Crippen LogP contribution in [0.4, 0.5) is 5.69 Å². The van der Waals surface area contributed by atoms with Crippen molar-refractivity contribution in [2.75, 3.05) is 43.2 Å². The zero-order chi connectivity index (χ0) is 12.3. The van der Waals surface area contributed by atoms with Crippen LogP contribution < -0.4 is 4.90 Å². The smallest absolute Gasteiger partial charge is 0.160 e. The van der Waals surface area contributed by atoms with Crippen molar-refractivity contribution in [3.05, 3.63) is 24.5 Å². The number of sulfone groups is 1. The number of pyridine rings is 1. The Kier molecular flexibility index (Phi) is 3.63. The molecule has 0 saturated carbocycles. The summed E-state index contributed by atoms with van der Waals surface area (Å²) in [6, 6.07) is 3.96. The van der Waals surface area contributed by atoms with Crippen LogP contribution in [-0.4, -0.2) is 56.6 Å². The molecule has 6 heteroatoms. The minimum Gasteiger partial charge on any atom is -0.369 e. The predicted molar refractivity (Wildman–Crippen MR) is 67.7 cm³/mol. The van der Waals surface area contributed by atoms with E-state index in [1.807, 2.05) is 17.0 Å². The Morgan fingerprint density at radius 3 is 2.29 bits per heavy atom. The molecule has 0 bridgehead atoms. The maximum Gasteiger partial charge on any atom is 0.160 e. The number of hydrogen-bond donors (Lipinski definition) is 0. The molecule has 1 saturated heterocycles. The molecule has 17 heavy (non-hydrogen) atoms. The summed E-state index contributed by atoms with van der Waals surface area (Å²) in [7, 11) is -2.91. The van der Waals surface area contributed by atoms with Gasteiger partial charge in [-0.3, -0.25) is 9.88 Å². The lowest BCUT2D eigenvalue weighted by molar-refractivity contribution is 0.294. The van der Waals surface area contributed by atoms with Crippen molar-refractivity contribution in [1.82, 2.24) is 9.88 Å². The number of rotatable bonds is 3. The van der Waals surface area contributed by atoms with E-state index in [2.05, 4.69) is 9.88 Å². The Labute approximate surface area is 102 Å². The molecule has 0 N–H and O–H groups in total. The lowest BCUT2D eigenvalue weighted by Gasteiger charge is -2.35. The lowest BCUT2D eigenvalue weighted by Crippen LogP contribution is -2.47. The second-order valence-corrected chi connectivity index (χ2v) is 6.48. The number of nitrogens with zero attached hydrogens (tertiary/aromatic N) is 3. The van der Waals surface area contributed by atoms with Gasteiger partial charge in [-0.05, 0) is 12.1 Å². The molecule has 0 aliphatic carbocycles. The van der Waals surface area contributed by atoms with Gasteiger partial charge in [0, 0.05) is 50.5 Å². The molecule has 94 valence electrons. The van der Waals surface area contributed by atoms with Crippen LogP contribution in [0.3, 0.4) is 0 Å². The second kappa shape index (κ2) is 5.01. The van der Waals surface area contributed by atoms with Crippen molar-refractivity contribution in [3.8, 4) is 0 Å². The minimum atomic E-state index is -2.91. The van der Waals surface area contributed by atoms with E-state index in [9.17, 15) is 8.42 Å². The zero-order valence-electron chi connectivity index (χ0n) is 9.91. The number of aromatic nitrogens is 1. The minimum absolute atomic E-state index is 0.164. The molecule has 0 amide bonds. The van der Waals surface area contributed by atoms with Crippen LogP contribution in [0.5, 0.6) is 0 Å². The molecule has 0 unspecified atom stereocenters. The van der Waals surface area contributed by atoms with E-state index in [1.165, 1.54) is 6.26 Å². The molecule has 2 heterocycles. The summed E-state index contributed by atoms with van der Waals surface area (Å²) in [5.41, 5.74) is 1.15. The Hall–Kier alpha value is -1.14. The lowest BCUT2D eigenvalue weighted by atomic mass is 10.3. The molecule has 0 radical (unpaired) electrons. The maximum absolute atomic E-state index is 11.2. The molecule has 0 atom stereocenters. The average molecular weight is 255 g/mol. The van der Waals surface area contributed by atoms with Gasteiger partial charge in [-0.1, -0.05) is 0 Å². The third kappa shape index (κ3) is 3.67. The highest BCUT2D eigenvalue weighted by molar-refractivity contribution is 7.90. The van der Waals surface area contributed by atoms with Crippen molar-refractivity contribution in [1.29, 1.82) is 0 Å². The Morgan fingerprint density at radius 2 is 1.76 bits per heavy atom. The van der Waals surface area contributed by atoms with Gasteiger partial charge >= 0.3 is 0 Å². The fourth-order valence-corrected chi connectivity index (χ4v) is 2.94. The average Bonchev–Trinajstić information content (AvgIpc) is 2.29. The van der Waals surface area contributed by atoms with E-state index in [1.54, 1.807) is 12.4 Å². The maximum atomic E-state index is 11.2. The molecule has 1 aromatic heterocycles. The van der Waals surface area contributed by atoms with E-state index >= 15 is 0 Å². The van der Waals surface area contributed by atoms with Gasteiger partial charge in [-0.25, -0.2) is 8.42 Å². The van der Waals surface area contributed by atoms with Crippen molar-refractivity contribution in [3.63, 3.8) is 0 Å². The summed E-state index contributed by atoms with van der Waals surface area (Å²) in [6.45, 7) is 3.30. The van der Waals surface area contributed by atoms with Crippen molar-refractivity contribution in [2.45, 2.75) is 0 Å². The van der Waals surface area contributed by atoms with Gasteiger partial charge in [0.05, 0.1) is 0 Å². The molecule has 1 aliphatic heterocycles. The topological polar surface area (TPSA) is 53.5 Å². The second-order valence-electron chi connectivity index (χ2n) is 4.37. The summed E-state index contributed by atoms with van der Waals surface area (Å²) in [6.07, 6.45) is 4.83. The summed E-state index contributed by atoms with van der Waals surface area (Å²) in [5.74, 6) is 0.164. The first-order valence-corrected chi connectivity index (χ1v) is 7.66. The van der Waals surface area contributed by atoms with E-state index in [0.29, 0.717) is 0 Å². The fraction of sp³-hybridized carbons (Fsp3) is 0.545. The largest absolute Gasteiger partial charge is 0.369 e. The van der Waals surface area contributed by atoms with Gasteiger partial charge in [0.25, 0.3) is 0 Å². The zero-order valence-corrected chi connectivity index (χ0v) is 10.7. The SMILES string of the molecule is CS(=O)(=O)CN1CCN(c2ccncc2)CC1.